The zero-order chi connectivity index (χ0) is 17.1. The van der Waals surface area contributed by atoms with Gasteiger partial charge in [0.05, 0.1) is 18.7 Å². The van der Waals surface area contributed by atoms with Crippen LogP contribution in [0.4, 0.5) is 14.5 Å². The third-order valence-electron chi connectivity index (χ3n) is 2.81. The van der Waals surface area contributed by atoms with Gasteiger partial charge in [0.25, 0.3) is 0 Å². The van der Waals surface area contributed by atoms with Crippen LogP contribution in [-0.2, 0) is 4.79 Å². The molecule has 1 rings (SSSR count). The van der Waals surface area contributed by atoms with E-state index in [1.54, 1.807) is 4.90 Å². The molecule has 0 saturated heterocycles. The number of nitriles is 2. The van der Waals surface area contributed by atoms with Gasteiger partial charge in [0.15, 0.2) is 0 Å². The number of nitrogens with zero attached hydrogens (tertiary/aromatic N) is 3. The third kappa shape index (κ3) is 7.74. The molecular weight excluding hydrogens is 306 g/mol. The molecule has 0 aliphatic carbocycles. The van der Waals surface area contributed by atoms with Crippen LogP contribution in [-0.4, -0.2) is 37.1 Å². The summed E-state index contributed by atoms with van der Waals surface area (Å²) in [6.45, 7) is -2.07. The van der Waals surface area contributed by atoms with E-state index >= 15 is 0 Å². The summed E-state index contributed by atoms with van der Waals surface area (Å²) in [7, 11) is 0. The molecule has 0 spiro atoms. The number of anilines is 1. The molecule has 0 radical (unpaired) electrons. The van der Waals surface area contributed by atoms with Crippen molar-refractivity contribution in [3.8, 4) is 17.9 Å². The van der Waals surface area contributed by atoms with Gasteiger partial charge in [-0.3, -0.25) is 9.69 Å². The topological polar surface area (TPSA) is 89.2 Å². The van der Waals surface area contributed by atoms with Crippen LogP contribution in [0.2, 0.25) is 0 Å². The summed E-state index contributed by atoms with van der Waals surface area (Å²) in [6.07, 6.45) is 0.525. The highest BCUT2D eigenvalue weighted by atomic mass is 19.3. The number of ether oxygens (including phenoxy) is 1. The van der Waals surface area contributed by atoms with Crippen molar-refractivity contribution in [1.82, 2.24) is 4.90 Å². The van der Waals surface area contributed by atoms with E-state index in [1.807, 2.05) is 12.1 Å². The maximum atomic E-state index is 12.0. The molecule has 1 aromatic carbocycles. The molecule has 0 aliphatic heterocycles. The van der Waals surface area contributed by atoms with E-state index in [0.717, 1.165) is 0 Å². The van der Waals surface area contributed by atoms with Crippen molar-refractivity contribution >= 4 is 11.6 Å². The molecule has 8 heteroatoms. The highest BCUT2D eigenvalue weighted by molar-refractivity contribution is 5.92. The first kappa shape index (κ1) is 18.3. The number of carbonyl (C=O) groups is 1. The quantitative estimate of drug-likeness (QED) is 0.754. The fourth-order valence-electron chi connectivity index (χ4n) is 1.81. The van der Waals surface area contributed by atoms with Crippen LogP contribution in [0.1, 0.15) is 12.8 Å². The number of hydrogen-bond acceptors (Lipinski definition) is 5. The molecule has 1 aromatic rings. The van der Waals surface area contributed by atoms with Gasteiger partial charge in [-0.25, -0.2) is 0 Å². The standard InChI is InChI=1S/C15H16F2N4O2/c16-15(17)23-13-5-3-12(4-6-13)20-14(22)11-21(9-1-7-18)10-2-8-19/h3-6,15H,1-2,9-11H2,(H,20,22). The molecule has 23 heavy (non-hydrogen) atoms. The fraction of sp³-hybridized carbons (Fsp3) is 0.400. The molecule has 0 unspecified atom stereocenters. The number of alkyl halides is 2. The second kappa shape index (κ2) is 10.1. The normalized spacial score (nSPS) is 10.2. The Morgan fingerprint density at radius 3 is 2.22 bits per heavy atom. The second-order valence-corrected chi connectivity index (χ2v) is 4.54. The molecule has 0 atom stereocenters. The monoisotopic (exact) mass is 322 g/mol. The Morgan fingerprint density at radius 2 is 1.74 bits per heavy atom. The Labute approximate surface area is 132 Å². The first-order valence-corrected chi connectivity index (χ1v) is 6.86. The molecule has 6 nitrogen and oxygen atoms in total. The van der Waals surface area contributed by atoms with E-state index in [-0.39, 0.29) is 31.0 Å². The molecule has 0 saturated carbocycles. The lowest BCUT2D eigenvalue weighted by Gasteiger charge is -2.19. The van der Waals surface area contributed by atoms with Crippen LogP contribution >= 0.6 is 0 Å². The average Bonchev–Trinajstić information content (AvgIpc) is 2.51. The van der Waals surface area contributed by atoms with E-state index < -0.39 is 6.61 Å². The number of hydrogen-bond donors (Lipinski definition) is 1. The summed E-state index contributed by atoms with van der Waals surface area (Å²) in [4.78, 5) is 13.6. The van der Waals surface area contributed by atoms with E-state index in [4.69, 9.17) is 10.5 Å². The van der Waals surface area contributed by atoms with E-state index in [9.17, 15) is 13.6 Å². The molecule has 0 aromatic heterocycles. The average molecular weight is 322 g/mol. The van der Waals surface area contributed by atoms with E-state index in [1.165, 1.54) is 24.3 Å². The number of nitrogens with one attached hydrogen (secondary N) is 1. The van der Waals surface area contributed by atoms with Gasteiger partial charge in [-0.1, -0.05) is 0 Å². The Morgan fingerprint density at radius 1 is 1.17 bits per heavy atom. The molecule has 1 N–H and O–H groups in total. The predicted octanol–water partition coefficient (Wildman–Crippen LogP) is 2.36. The van der Waals surface area contributed by atoms with E-state index in [2.05, 4.69) is 10.1 Å². The van der Waals surface area contributed by atoms with Crippen molar-refractivity contribution in [2.45, 2.75) is 19.5 Å². The number of carbonyl (C=O) groups excluding carboxylic acids is 1. The number of benzene rings is 1. The van der Waals surface area contributed by atoms with Crippen molar-refractivity contribution < 1.29 is 18.3 Å². The molecule has 0 bridgehead atoms. The smallest absolute Gasteiger partial charge is 0.387 e. The minimum Gasteiger partial charge on any atom is -0.435 e. The first-order chi connectivity index (χ1) is 11.0. The predicted molar refractivity (Wildman–Crippen MR) is 78.6 cm³/mol. The fourth-order valence-corrected chi connectivity index (χ4v) is 1.81. The summed E-state index contributed by atoms with van der Waals surface area (Å²) in [6, 6.07) is 9.52. The Hall–Kier alpha value is -2.71. The molecule has 0 heterocycles. The van der Waals surface area contributed by atoms with Crippen molar-refractivity contribution in [1.29, 1.82) is 10.5 Å². The Bertz CT molecular complexity index is 561. The van der Waals surface area contributed by atoms with Gasteiger partial charge in [-0.05, 0) is 24.3 Å². The van der Waals surface area contributed by atoms with Crippen molar-refractivity contribution in [2.75, 3.05) is 25.0 Å². The molecule has 1 amide bonds. The first-order valence-electron chi connectivity index (χ1n) is 6.86. The van der Waals surface area contributed by atoms with Gasteiger partial charge in [0.2, 0.25) is 5.91 Å². The minimum absolute atomic E-state index is 0.00247. The summed E-state index contributed by atoms with van der Waals surface area (Å²) < 4.78 is 28.3. The van der Waals surface area contributed by atoms with Crippen LogP contribution in [0.25, 0.3) is 0 Å². The maximum absolute atomic E-state index is 12.0. The van der Waals surface area contributed by atoms with Crippen molar-refractivity contribution in [3.63, 3.8) is 0 Å². The number of rotatable bonds is 9. The maximum Gasteiger partial charge on any atom is 0.387 e. The van der Waals surface area contributed by atoms with Gasteiger partial charge >= 0.3 is 6.61 Å². The van der Waals surface area contributed by atoms with Crippen LogP contribution in [0.3, 0.4) is 0 Å². The SMILES string of the molecule is N#CCCN(CCC#N)CC(=O)Nc1ccc(OC(F)F)cc1. The molecule has 0 aliphatic rings. The number of halogens is 2. The lowest BCUT2D eigenvalue weighted by Crippen LogP contribution is -2.34. The van der Waals surface area contributed by atoms with Gasteiger partial charge in [-0.15, -0.1) is 0 Å². The zero-order valence-electron chi connectivity index (χ0n) is 12.3. The summed E-state index contributed by atoms with van der Waals surface area (Å²) >= 11 is 0. The highest BCUT2D eigenvalue weighted by Gasteiger charge is 2.11. The summed E-state index contributed by atoms with van der Waals surface area (Å²) in [5, 5.41) is 19.8. The van der Waals surface area contributed by atoms with Gasteiger partial charge < -0.3 is 10.1 Å². The second-order valence-electron chi connectivity index (χ2n) is 4.54. The van der Waals surface area contributed by atoms with Gasteiger partial charge in [-0.2, -0.15) is 19.3 Å². The lowest BCUT2D eigenvalue weighted by atomic mass is 10.3. The third-order valence-corrected chi connectivity index (χ3v) is 2.81. The van der Waals surface area contributed by atoms with Crippen LogP contribution in [0.15, 0.2) is 24.3 Å². The van der Waals surface area contributed by atoms with Crippen LogP contribution < -0.4 is 10.1 Å². The Kier molecular flexibility index (Phi) is 8.04. The van der Waals surface area contributed by atoms with Crippen molar-refractivity contribution in [2.24, 2.45) is 0 Å². The largest absolute Gasteiger partial charge is 0.435 e. The van der Waals surface area contributed by atoms with Gasteiger partial charge in [0.1, 0.15) is 5.75 Å². The lowest BCUT2D eigenvalue weighted by molar-refractivity contribution is -0.117. The highest BCUT2D eigenvalue weighted by Crippen LogP contribution is 2.17. The van der Waals surface area contributed by atoms with Crippen LogP contribution in [0.5, 0.6) is 5.75 Å². The van der Waals surface area contributed by atoms with Gasteiger partial charge in [0, 0.05) is 31.6 Å². The summed E-state index contributed by atoms with van der Waals surface area (Å²) in [5.74, 6) is -0.314. The minimum atomic E-state index is -2.90. The summed E-state index contributed by atoms with van der Waals surface area (Å²) in [5.41, 5.74) is 0.442. The molecular formula is C15H16F2N4O2. The van der Waals surface area contributed by atoms with Crippen molar-refractivity contribution in [3.05, 3.63) is 24.3 Å². The Balaban J connectivity index is 2.53. The molecule has 122 valence electrons. The number of amides is 1. The molecule has 0 fully saturated rings. The zero-order valence-corrected chi connectivity index (χ0v) is 12.3. The van der Waals surface area contributed by atoms with E-state index in [0.29, 0.717) is 18.8 Å². The van der Waals surface area contributed by atoms with Crippen LogP contribution in [0, 0.1) is 22.7 Å².